The van der Waals surface area contributed by atoms with E-state index in [1.165, 1.54) is 0 Å². The number of aromatic nitrogens is 1. The zero-order chi connectivity index (χ0) is 14.2. The predicted octanol–water partition coefficient (Wildman–Crippen LogP) is 3.77. The lowest BCUT2D eigenvalue weighted by atomic mass is 9.77. The SMILES string of the molecule is CCC(C)N(CC)c1nc2c(s1)C(O)CC(C)(C)C2. The van der Waals surface area contributed by atoms with Crippen LogP contribution in [0.2, 0.25) is 0 Å². The van der Waals surface area contributed by atoms with Crippen molar-refractivity contribution in [1.29, 1.82) is 0 Å². The van der Waals surface area contributed by atoms with Crippen LogP contribution in [0.4, 0.5) is 5.13 Å². The number of thiazole rings is 1. The van der Waals surface area contributed by atoms with Crippen LogP contribution in [0.3, 0.4) is 0 Å². The molecule has 108 valence electrons. The Labute approximate surface area is 120 Å². The van der Waals surface area contributed by atoms with Crippen LogP contribution < -0.4 is 4.90 Å². The summed E-state index contributed by atoms with van der Waals surface area (Å²) in [4.78, 5) is 8.26. The van der Waals surface area contributed by atoms with Crippen LogP contribution in [-0.4, -0.2) is 22.7 Å². The van der Waals surface area contributed by atoms with E-state index in [-0.39, 0.29) is 11.5 Å². The summed E-state index contributed by atoms with van der Waals surface area (Å²) in [5.41, 5.74) is 1.27. The molecule has 3 nitrogen and oxygen atoms in total. The van der Waals surface area contributed by atoms with Gasteiger partial charge in [-0.3, -0.25) is 0 Å². The number of anilines is 1. The second kappa shape index (κ2) is 5.41. The molecule has 0 amide bonds. The van der Waals surface area contributed by atoms with Crippen molar-refractivity contribution in [3.8, 4) is 0 Å². The third-order valence-corrected chi connectivity index (χ3v) is 5.36. The van der Waals surface area contributed by atoms with Gasteiger partial charge in [0.2, 0.25) is 0 Å². The van der Waals surface area contributed by atoms with Gasteiger partial charge in [-0.25, -0.2) is 4.98 Å². The van der Waals surface area contributed by atoms with Crippen LogP contribution in [0.5, 0.6) is 0 Å². The summed E-state index contributed by atoms with van der Waals surface area (Å²) in [5, 5.41) is 11.4. The molecular weight excluding hydrogens is 256 g/mol. The summed E-state index contributed by atoms with van der Waals surface area (Å²) < 4.78 is 0. The third-order valence-electron chi connectivity index (χ3n) is 4.12. The number of hydrogen-bond acceptors (Lipinski definition) is 4. The number of rotatable bonds is 4. The Morgan fingerprint density at radius 1 is 1.47 bits per heavy atom. The Bertz CT molecular complexity index is 441. The standard InChI is InChI=1S/C15H26N2OS/c1-6-10(3)17(7-2)14-16-11-8-15(4,5)9-12(18)13(11)19-14/h10,12,18H,6-9H2,1-5H3. The highest BCUT2D eigenvalue weighted by molar-refractivity contribution is 7.15. The molecule has 1 heterocycles. The fraction of sp³-hybridized carbons (Fsp3) is 0.800. The predicted molar refractivity (Wildman–Crippen MR) is 81.9 cm³/mol. The van der Waals surface area contributed by atoms with E-state index in [2.05, 4.69) is 39.5 Å². The van der Waals surface area contributed by atoms with E-state index in [4.69, 9.17) is 4.98 Å². The summed E-state index contributed by atoms with van der Waals surface area (Å²) >= 11 is 1.69. The molecule has 2 unspecified atom stereocenters. The Balaban J connectivity index is 2.32. The van der Waals surface area contributed by atoms with Crippen LogP contribution in [0, 0.1) is 5.41 Å². The van der Waals surface area contributed by atoms with Crippen LogP contribution in [-0.2, 0) is 6.42 Å². The summed E-state index contributed by atoms with van der Waals surface area (Å²) in [7, 11) is 0. The molecule has 1 aliphatic carbocycles. The van der Waals surface area contributed by atoms with E-state index in [9.17, 15) is 5.11 Å². The first-order chi connectivity index (χ1) is 8.88. The maximum Gasteiger partial charge on any atom is 0.186 e. The lowest BCUT2D eigenvalue weighted by Gasteiger charge is -2.31. The van der Waals surface area contributed by atoms with Crippen molar-refractivity contribution in [2.75, 3.05) is 11.4 Å². The van der Waals surface area contributed by atoms with Gasteiger partial charge in [-0.15, -0.1) is 0 Å². The number of fused-ring (bicyclic) bond motifs is 1. The topological polar surface area (TPSA) is 36.4 Å². The average Bonchev–Trinajstić information content (AvgIpc) is 2.71. The Morgan fingerprint density at radius 3 is 2.74 bits per heavy atom. The first kappa shape index (κ1) is 14.8. The van der Waals surface area contributed by atoms with Gasteiger partial charge in [0.15, 0.2) is 5.13 Å². The van der Waals surface area contributed by atoms with Crippen molar-refractivity contribution in [3.05, 3.63) is 10.6 Å². The van der Waals surface area contributed by atoms with Gasteiger partial charge in [0.05, 0.1) is 16.7 Å². The minimum absolute atomic E-state index is 0.158. The fourth-order valence-corrected chi connectivity index (χ4v) is 4.09. The highest BCUT2D eigenvalue weighted by atomic mass is 32.1. The molecule has 1 N–H and O–H groups in total. The van der Waals surface area contributed by atoms with Crippen LogP contribution in [0.25, 0.3) is 0 Å². The summed E-state index contributed by atoms with van der Waals surface area (Å²) in [6, 6.07) is 0.503. The first-order valence-corrected chi connectivity index (χ1v) is 8.14. The van der Waals surface area contributed by atoms with E-state index in [1.54, 1.807) is 11.3 Å². The van der Waals surface area contributed by atoms with E-state index in [1.807, 2.05) is 0 Å². The molecule has 1 aromatic rings. The summed E-state index contributed by atoms with van der Waals surface area (Å²) in [6.45, 7) is 12.0. The largest absolute Gasteiger partial charge is 0.387 e. The Hall–Kier alpha value is -0.610. The van der Waals surface area contributed by atoms with Crippen LogP contribution in [0.1, 0.15) is 64.1 Å². The van der Waals surface area contributed by atoms with Gasteiger partial charge in [0.25, 0.3) is 0 Å². The molecular formula is C15H26N2OS. The molecule has 0 saturated carbocycles. The number of aliphatic hydroxyl groups excluding tert-OH is 1. The molecule has 19 heavy (non-hydrogen) atoms. The van der Waals surface area contributed by atoms with Crippen molar-refractivity contribution in [2.45, 2.75) is 66.0 Å². The molecule has 0 radical (unpaired) electrons. The van der Waals surface area contributed by atoms with E-state index in [0.717, 1.165) is 41.5 Å². The summed E-state index contributed by atoms with van der Waals surface area (Å²) in [6.07, 6.45) is 2.61. The van der Waals surface area contributed by atoms with Gasteiger partial charge >= 0.3 is 0 Å². The summed E-state index contributed by atoms with van der Waals surface area (Å²) in [5.74, 6) is 0. The lowest BCUT2D eigenvalue weighted by Crippen LogP contribution is -2.32. The van der Waals surface area contributed by atoms with Gasteiger partial charge in [0, 0.05) is 12.6 Å². The zero-order valence-electron chi connectivity index (χ0n) is 12.7. The zero-order valence-corrected chi connectivity index (χ0v) is 13.5. The van der Waals surface area contributed by atoms with Gasteiger partial charge in [-0.2, -0.15) is 0 Å². The molecule has 4 heteroatoms. The van der Waals surface area contributed by atoms with E-state index in [0.29, 0.717) is 6.04 Å². The maximum atomic E-state index is 10.3. The van der Waals surface area contributed by atoms with Crippen LogP contribution >= 0.6 is 11.3 Å². The van der Waals surface area contributed by atoms with Crippen molar-refractivity contribution < 1.29 is 5.11 Å². The molecule has 2 atom stereocenters. The van der Waals surface area contributed by atoms with Gasteiger partial charge in [-0.05, 0) is 38.5 Å². The molecule has 0 spiro atoms. The average molecular weight is 282 g/mol. The first-order valence-electron chi connectivity index (χ1n) is 7.32. The second-order valence-corrected chi connectivity index (χ2v) is 7.42. The number of aliphatic hydroxyl groups is 1. The molecule has 0 saturated heterocycles. The highest BCUT2D eigenvalue weighted by Gasteiger charge is 2.34. The normalized spacial score (nSPS) is 22.9. The molecule has 0 fully saturated rings. The Kier molecular flexibility index (Phi) is 4.21. The minimum Gasteiger partial charge on any atom is -0.387 e. The molecule has 1 aromatic heterocycles. The number of hydrogen-bond donors (Lipinski definition) is 1. The van der Waals surface area contributed by atoms with Gasteiger partial charge in [-0.1, -0.05) is 32.1 Å². The van der Waals surface area contributed by atoms with Gasteiger partial charge in [0.1, 0.15) is 0 Å². The van der Waals surface area contributed by atoms with Crippen molar-refractivity contribution in [1.82, 2.24) is 4.98 Å². The van der Waals surface area contributed by atoms with Crippen molar-refractivity contribution in [2.24, 2.45) is 5.41 Å². The number of nitrogens with zero attached hydrogens (tertiary/aromatic N) is 2. The molecule has 0 aromatic carbocycles. The smallest absolute Gasteiger partial charge is 0.186 e. The molecule has 0 bridgehead atoms. The molecule has 0 aliphatic heterocycles. The van der Waals surface area contributed by atoms with Crippen molar-refractivity contribution >= 4 is 16.5 Å². The van der Waals surface area contributed by atoms with Crippen LogP contribution in [0.15, 0.2) is 0 Å². The highest BCUT2D eigenvalue weighted by Crippen LogP contribution is 2.44. The quantitative estimate of drug-likeness (QED) is 0.913. The van der Waals surface area contributed by atoms with E-state index >= 15 is 0 Å². The maximum absolute atomic E-state index is 10.3. The van der Waals surface area contributed by atoms with Gasteiger partial charge < -0.3 is 10.0 Å². The minimum atomic E-state index is -0.333. The third kappa shape index (κ3) is 2.95. The Morgan fingerprint density at radius 2 is 2.16 bits per heavy atom. The molecule has 1 aliphatic rings. The second-order valence-electron chi connectivity index (χ2n) is 6.41. The fourth-order valence-electron chi connectivity index (χ4n) is 2.86. The molecule has 2 rings (SSSR count). The van der Waals surface area contributed by atoms with E-state index < -0.39 is 0 Å². The van der Waals surface area contributed by atoms with Crippen molar-refractivity contribution in [3.63, 3.8) is 0 Å². The monoisotopic (exact) mass is 282 g/mol. The lowest BCUT2D eigenvalue weighted by molar-refractivity contribution is 0.102.